The Morgan fingerprint density at radius 3 is 2.92 bits per heavy atom. The molecule has 0 saturated heterocycles. The number of carbonyl (C=O) groups is 2. The van der Waals surface area contributed by atoms with Crippen LogP contribution < -0.4 is 10.6 Å². The molecule has 26 heavy (non-hydrogen) atoms. The molecule has 2 bridgehead atoms. The van der Waals surface area contributed by atoms with Gasteiger partial charge in [-0.2, -0.15) is 5.10 Å². The van der Waals surface area contributed by atoms with Gasteiger partial charge in [-0.3, -0.25) is 14.3 Å². The molecule has 3 unspecified atom stereocenters. The van der Waals surface area contributed by atoms with Gasteiger partial charge >= 0.3 is 0 Å². The molecule has 3 atom stereocenters. The third-order valence-electron chi connectivity index (χ3n) is 5.65. The third kappa shape index (κ3) is 3.52. The average Bonchev–Trinajstić information content (AvgIpc) is 3.37. The quantitative estimate of drug-likeness (QED) is 0.833. The number of hydrogen-bond donors (Lipinski definition) is 2. The molecule has 7 nitrogen and oxygen atoms in total. The summed E-state index contributed by atoms with van der Waals surface area (Å²) < 4.78 is 6.74. The van der Waals surface area contributed by atoms with E-state index >= 15 is 0 Å². The lowest BCUT2D eigenvalue weighted by Gasteiger charge is -2.20. The van der Waals surface area contributed by atoms with Crippen molar-refractivity contribution in [2.24, 2.45) is 24.8 Å². The van der Waals surface area contributed by atoms with Gasteiger partial charge in [0.15, 0.2) is 5.69 Å². The van der Waals surface area contributed by atoms with Crippen molar-refractivity contribution < 1.29 is 14.0 Å². The molecule has 2 N–H and O–H groups in total. The average molecular weight is 356 g/mol. The molecule has 0 radical (unpaired) electrons. The molecule has 2 saturated carbocycles. The van der Waals surface area contributed by atoms with E-state index in [2.05, 4.69) is 15.7 Å². The number of anilines is 1. The number of carbonyl (C=O) groups excluding carboxylic acids is 2. The molecule has 2 aromatic heterocycles. The van der Waals surface area contributed by atoms with E-state index in [9.17, 15) is 9.59 Å². The number of nitrogens with one attached hydrogen (secondary N) is 2. The van der Waals surface area contributed by atoms with E-state index in [0.29, 0.717) is 29.7 Å². The second-order valence-electron chi connectivity index (χ2n) is 7.51. The Morgan fingerprint density at radius 1 is 1.35 bits per heavy atom. The molecule has 2 heterocycles. The van der Waals surface area contributed by atoms with Crippen LogP contribution in [0.3, 0.4) is 0 Å². The van der Waals surface area contributed by atoms with Gasteiger partial charge in [0.1, 0.15) is 5.76 Å². The molecule has 4 rings (SSSR count). The topological polar surface area (TPSA) is 89.2 Å². The van der Waals surface area contributed by atoms with Crippen LogP contribution in [0.4, 0.5) is 5.69 Å². The zero-order chi connectivity index (χ0) is 18.1. The van der Waals surface area contributed by atoms with E-state index in [1.54, 1.807) is 31.6 Å². The zero-order valence-electron chi connectivity index (χ0n) is 14.9. The van der Waals surface area contributed by atoms with Crippen molar-refractivity contribution in [2.45, 2.75) is 38.6 Å². The van der Waals surface area contributed by atoms with Crippen LogP contribution in [0, 0.1) is 17.8 Å². The van der Waals surface area contributed by atoms with Crippen LogP contribution in [-0.4, -0.2) is 21.6 Å². The maximum atomic E-state index is 12.5. The Kier molecular flexibility index (Phi) is 4.53. The van der Waals surface area contributed by atoms with Gasteiger partial charge in [-0.1, -0.05) is 6.42 Å². The Balaban J connectivity index is 1.37. The van der Waals surface area contributed by atoms with Crippen molar-refractivity contribution in [1.29, 1.82) is 0 Å². The summed E-state index contributed by atoms with van der Waals surface area (Å²) in [5.74, 6) is 2.31. The Bertz CT molecular complexity index is 796. The van der Waals surface area contributed by atoms with E-state index in [4.69, 9.17) is 4.42 Å². The van der Waals surface area contributed by atoms with Crippen LogP contribution in [0.2, 0.25) is 0 Å². The highest BCUT2D eigenvalue weighted by Crippen LogP contribution is 2.49. The summed E-state index contributed by atoms with van der Waals surface area (Å²) in [5.41, 5.74) is 0.679. The van der Waals surface area contributed by atoms with Gasteiger partial charge in [0.25, 0.3) is 5.91 Å². The SMILES string of the molecule is Cn1cc(NC(=O)CC2CC3CCC2C3)c(C(=O)NCc2ccco2)n1. The van der Waals surface area contributed by atoms with Crippen LogP contribution in [0.1, 0.15) is 48.4 Å². The highest BCUT2D eigenvalue weighted by molar-refractivity contribution is 6.02. The minimum Gasteiger partial charge on any atom is -0.467 e. The van der Waals surface area contributed by atoms with Crippen LogP contribution in [-0.2, 0) is 18.4 Å². The molecular formula is C19H24N4O3. The van der Waals surface area contributed by atoms with E-state index in [-0.39, 0.29) is 24.1 Å². The molecule has 138 valence electrons. The molecule has 7 heteroatoms. The van der Waals surface area contributed by atoms with Gasteiger partial charge in [0, 0.05) is 19.7 Å². The van der Waals surface area contributed by atoms with Gasteiger partial charge < -0.3 is 15.1 Å². The monoisotopic (exact) mass is 356 g/mol. The van der Waals surface area contributed by atoms with E-state index in [1.165, 1.54) is 30.4 Å². The predicted molar refractivity (Wildman–Crippen MR) is 95.3 cm³/mol. The van der Waals surface area contributed by atoms with Crippen molar-refractivity contribution in [3.63, 3.8) is 0 Å². The van der Waals surface area contributed by atoms with Crippen molar-refractivity contribution in [2.75, 3.05) is 5.32 Å². The molecule has 0 aliphatic heterocycles. The lowest BCUT2D eigenvalue weighted by Crippen LogP contribution is -2.25. The van der Waals surface area contributed by atoms with Gasteiger partial charge in [-0.25, -0.2) is 0 Å². The molecule has 2 aromatic rings. The lowest BCUT2D eigenvalue weighted by atomic mass is 9.86. The fourth-order valence-corrected chi connectivity index (χ4v) is 4.48. The fourth-order valence-electron chi connectivity index (χ4n) is 4.48. The highest BCUT2D eigenvalue weighted by Gasteiger charge is 2.40. The minimum absolute atomic E-state index is 0.0318. The van der Waals surface area contributed by atoms with Gasteiger partial charge in [0.2, 0.25) is 5.91 Å². The van der Waals surface area contributed by atoms with Gasteiger partial charge in [-0.05, 0) is 49.1 Å². The fraction of sp³-hybridized carbons (Fsp3) is 0.526. The van der Waals surface area contributed by atoms with Gasteiger partial charge in [0.05, 0.1) is 18.5 Å². The van der Waals surface area contributed by atoms with Crippen molar-refractivity contribution in [1.82, 2.24) is 15.1 Å². The predicted octanol–water partition coefficient (Wildman–Crippen LogP) is 2.71. The summed E-state index contributed by atoms with van der Waals surface area (Å²) in [5, 5.41) is 9.84. The smallest absolute Gasteiger partial charge is 0.274 e. The molecule has 2 aliphatic rings. The first-order valence-corrected chi connectivity index (χ1v) is 9.22. The van der Waals surface area contributed by atoms with Crippen molar-refractivity contribution >= 4 is 17.5 Å². The Morgan fingerprint density at radius 2 is 2.23 bits per heavy atom. The maximum absolute atomic E-state index is 12.5. The van der Waals surface area contributed by atoms with E-state index < -0.39 is 0 Å². The number of amides is 2. The summed E-state index contributed by atoms with van der Waals surface area (Å²) in [6.45, 7) is 0.279. The first-order chi connectivity index (χ1) is 12.6. The molecule has 2 amide bonds. The normalized spacial score (nSPS) is 24.0. The number of rotatable bonds is 6. The number of hydrogen-bond acceptors (Lipinski definition) is 4. The Hall–Kier alpha value is -2.57. The number of aromatic nitrogens is 2. The van der Waals surface area contributed by atoms with Crippen LogP contribution in [0.5, 0.6) is 0 Å². The van der Waals surface area contributed by atoms with Crippen molar-refractivity contribution in [3.8, 4) is 0 Å². The number of nitrogens with zero attached hydrogens (tertiary/aromatic N) is 2. The molecule has 2 aliphatic carbocycles. The van der Waals surface area contributed by atoms with Crippen molar-refractivity contribution in [3.05, 3.63) is 36.0 Å². The van der Waals surface area contributed by atoms with E-state index in [0.717, 1.165) is 5.92 Å². The number of furan rings is 1. The van der Waals surface area contributed by atoms with Crippen LogP contribution in [0.15, 0.2) is 29.0 Å². The second kappa shape index (κ2) is 6.97. The largest absolute Gasteiger partial charge is 0.467 e. The molecule has 2 fully saturated rings. The zero-order valence-corrected chi connectivity index (χ0v) is 14.9. The first kappa shape index (κ1) is 16.9. The maximum Gasteiger partial charge on any atom is 0.274 e. The molecule has 0 spiro atoms. The summed E-state index contributed by atoms with van der Waals surface area (Å²) >= 11 is 0. The lowest BCUT2D eigenvalue weighted by molar-refractivity contribution is -0.117. The summed E-state index contributed by atoms with van der Waals surface area (Å²) in [6.07, 6.45) is 8.79. The second-order valence-corrected chi connectivity index (χ2v) is 7.51. The molecular weight excluding hydrogens is 332 g/mol. The summed E-state index contributed by atoms with van der Waals surface area (Å²) in [7, 11) is 1.73. The highest BCUT2D eigenvalue weighted by atomic mass is 16.3. The Labute approximate surface area is 152 Å². The first-order valence-electron chi connectivity index (χ1n) is 9.22. The minimum atomic E-state index is -0.336. The summed E-state index contributed by atoms with van der Waals surface area (Å²) in [4.78, 5) is 24.9. The number of fused-ring (bicyclic) bond motifs is 2. The van der Waals surface area contributed by atoms with Crippen LogP contribution >= 0.6 is 0 Å². The van der Waals surface area contributed by atoms with Crippen LogP contribution in [0.25, 0.3) is 0 Å². The molecule has 0 aromatic carbocycles. The third-order valence-corrected chi connectivity index (χ3v) is 5.65. The number of aryl methyl sites for hydroxylation is 1. The standard InChI is InChI=1S/C19H24N4O3/c1-23-11-16(18(22-23)19(25)20-10-15-3-2-6-26-15)21-17(24)9-14-8-12-4-5-13(14)7-12/h2-3,6,11-14H,4-5,7-10H2,1H3,(H,20,25)(H,21,24). The van der Waals surface area contributed by atoms with E-state index in [1.807, 2.05) is 0 Å². The van der Waals surface area contributed by atoms with Gasteiger partial charge in [-0.15, -0.1) is 0 Å². The summed E-state index contributed by atoms with van der Waals surface area (Å²) in [6, 6.07) is 3.56.